The van der Waals surface area contributed by atoms with Crippen LogP contribution in [0, 0.1) is 12.8 Å². The molecule has 3 aromatic rings. The van der Waals surface area contributed by atoms with Gasteiger partial charge in [-0.05, 0) is 92.1 Å². The van der Waals surface area contributed by atoms with Crippen LogP contribution in [0.25, 0.3) is 0 Å². The number of benzene rings is 3. The lowest BCUT2D eigenvalue weighted by Gasteiger charge is -2.30. The fourth-order valence-corrected chi connectivity index (χ4v) is 7.18. The number of carbonyl (C=O) groups is 1. The van der Waals surface area contributed by atoms with Gasteiger partial charge in [0.05, 0.1) is 21.0 Å². The quantitative estimate of drug-likeness (QED) is 0.311. The lowest BCUT2D eigenvalue weighted by atomic mass is 9.98. The summed E-state index contributed by atoms with van der Waals surface area (Å²) in [6.07, 6.45) is 3.68. The van der Waals surface area contributed by atoms with E-state index in [9.17, 15) is 21.6 Å². The van der Waals surface area contributed by atoms with E-state index in [0.717, 1.165) is 12.8 Å². The van der Waals surface area contributed by atoms with Gasteiger partial charge in [0.2, 0.25) is 0 Å². The highest BCUT2D eigenvalue weighted by atomic mass is 35.5. The zero-order valence-corrected chi connectivity index (χ0v) is 25.0. The number of hydrogen-bond acceptors (Lipinski definition) is 6. The molecular weight excluding hydrogens is 578 g/mol. The summed E-state index contributed by atoms with van der Waals surface area (Å²) in [4.78, 5) is 15.6. The molecule has 1 saturated heterocycles. The summed E-state index contributed by atoms with van der Waals surface area (Å²) in [7, 11) is -7.98. The molecule has 1 amide bonds. The molecule has 4 rings (SSSR count). The predicted octanol–water partition coefficient (Wildman–Crippen LogP) is 5.84. The third-order valence-electron chi connectivity index (χ3n) is 6.64. The molecule has 12 heteroatoms. The Balaban J connectivity index is 1.53. The van der Waals surface area contributed by atoms with E-state index in [0.29, 0.717) is 45.7 Å². The molecule has 8 nitrogen and oxygen atoms in total. The van der Waals surface area contributed by atoms with Crippen LogP contribution in [0.3, 0.4) is 0 Å². The van der Waals surface area contributed by atoms with E-state index in [4.69, 9.17) is 11.6 Å². The number of likely N-dealkylation sites (tertiary alicyclic amines) is 1. The Hall–Kier alpha value is -2.73. The first kappa shape index (κ1) is 29.3. The van der Waals surface area contributed by atoms with E-state index >= 15 is 0 Å². The third-order valence-corrected chi connectivity index (χ3v) is 10.4. The van der Waals surface area contributed by atoms with Crippen molar-refractivity contribution in [3.8, 4) is 0 Å². The molecule has 0 bridgehead atoms. The molecule has 0 saturated carbocycles. The first-order valence-corrected chi connectivity index (χ1v) is 16.9. The summed E-state index contributed by atoms with van der Waals surface area (Å²) in [5.41, 5.74) is 1.58. The van der Waals surface area contributed by atoms with Crippen molar-refractivity contribution in [1.29, 1.82) is 0 Å². The number of aryl methyl sites for hydroxylation is 1. The maximum absolute atomic E-state index is 13.3. The van der Waals surface area contributed by atoms with E-state index in [1.807, 2.05) is 6.26 Å². The van der Waals surface area contributed by atoms with E-state index in [-0.39, 0.29) is 21.4 Å². The molecule has 0 unspecified atom stereocenters. The number of hydrogen-bond donors (Lipinski definition) is 2. The molecule has 1 fully saturated rings. The monoisotopic (exact) mass is 607 g/mol. The number of nitrogens with one attached hydrogen (secondary N) is 2. The van der Waals surface area contributed by atoms with Crippen LogP contribution in [0.5, 0.6) is 0 Å². The molecule has 1 aliphatic heterocycles. The second kappa shape index (κ2) is 11.8. The smallest absolute Gasteiger partial charge is 0.261 e. The van der Waals surface area contributed by atoms with E-state index in [2.05, 4.69) is 16.4 Å². The second-order valence-electron chi connectivity index (χ2n) is 9.53. The summed E-state index contributed by atoms with van der Waals surface area (Å²) in [5.74, 6) is 0.378. The maximum Gasteiger partial charge on any atom is 0.261 e. The van der Waals surface area contributed by atoms with Crippen LogP contribution in [0.4, 0.5) is 11.4 Å². The van der Waals surface area contributed by atoms with E-state index < -0.39 is 20.0 Å². The van der Waals surface area contributed by atoms with Gasteiger partial charge in [0.25, 0.3) is 26.0 Å². The number of halogens is 1. The van der Waals surface area contributed by atoms with Crippen LogP contribution < -0.4 is 9.44 Å². The minimum atomic E-state index is -4.05. The first-order valence-electron chi connectivity index (χ1n) is 12.3. The van der Waals surface area contributed by atoms with Gasteiger partial charge in [-0.1, -0.05) is 24.6 Å². The number of sulfonamides is 2. The molecule has 208 valence electrons. The van der Waals surface area contributed by atoms with Gasteiger partial charge in [-0.25, -0.2) is 16.8 Å². The summed E-state index contributed by atoms with van der Waals surface area (Å²) in [6.45, 7) is 5.20. The molecule has 0 aromatic heterocycles. The van der Waals surface area contributed by atoms with Gasteiger partial charge in [-0.3, -0.25) is 14.2 Å². The Morgan fingerprint density at radius 3 is 2.15 bits per heavy atom. The topological polar surface area (TPSA) is 113 Å². The van der Waals surface area contributed by atoms with E-state index in [1.54, 1.807) is 30.0 Å². The molecule has 1 aliphatic rings. The lowest BCUT2D eigenvalue weighted by molar-refractivity contribution is 0.0693. The highest BCUT2D eigenvalue weighted by Gasteiger charge is 2.26. The normalized spacial score (nSPS) is 14.7. The Morgan fingerprint density at radius 2 is 1.51 bits per heavy atom. The van der Waals surface area contributed by atoms with Gasteiger partial charge >= 0.3 is 0 Å². The van der Waals surface area contributed by atoms with Crippen molar-refractivity contribution in [2.75, 3.05) is 28.8 Å². The number of rotatable bonds is 8. The Bertz CT molecular complexity index is 1590. The zero-order chi connectivity index (χ0) is 28.4. The Labute approximate surface area is 239 Å². The largest absolute Gasteiger partial charge is 0.339 e. The molecule has 2 N–H and O–H groups in total. The van der Waals surface area contributed by atoms with Crippen LogP contribution in [0.15, 0.2) is 75.4 Å². The highest BCUT2D eigenvalue weighted by molar-refractivity contribution is 7.98. The minimum Gasteiger partial charge on any atom is -0.339 e. The van der Waals surface area contributed by atoms with E-state index in [1.165, 1.54) is 54.2 Å². The molecule has 0 radical (unpaired) electrons. The molecule has 0 spiro atoms. The van der Waals surface area contributed by atoms with Crippen LogP contribution in [0.2, 0.25) is 5.02 Å². The van der Waals surface area contributed by atoms with Gasteiger partial charge in [0, 0.05) is 28.7 Å². The van der Waals surface area contributed by atoms with Gasteiger partial charge < -0.3 is 4.90 Å². The highest BCUT2D eigenvalue weighted by Crippen LogP contribution is 2.29. The second-order valence-corrected chi connectivity index (χ2v) is 14.2. The predicted molar refractivity (Wildman–Crippen MR) is 157 cm³/mol. The van der Waals surface area contributed by atoms with Crippen molar-refractivity contribution in [2.45, 2.75) is 41.4 Å². The van der Waals surface area contributed by atoms with Crippen molar-refractivity contribution in [3.05, 3.63) is 76.8 Å². The molecule has 3 aromatic carbocycles. The zero-order valence-electron chi connectivity index (χ0n) is 21.8. The summed E-state index contributed by atoms with van der Waals surface area (Å²) < 4.78 is 57.1. The van der Waals surface area contributed by atoms with Crippen LogP contribution >= 0.6 is 23.4 Å². The molecule has 39 heavy (non-hydrogen) atoms. The van der Waals surface area contributed by atoms with Crippen molar-refractivity contribution < 1.29 is 21.6 Å². The Kier molecular flexibility index (Phi) is 8.85. The number of piperidine rings is 1. The van der Waals surface area contributed by atoms with Gasteiger partial charge in [-0.15, -0.1) is 11.8 Å². The number of nitrogens with zero attached hydrogens (tertiary/aromatic N) is 1. The number of thioether (sulfide) groups is 1. The molecule has 0 aliphatic carbocycles. The van der Waals surface area contributed by atoms with Gasteiger partial charge in [0.15, 0.2) is 0 Å². The SMILES string of the molecule is CSc1ccc(S(=O)(=O)Nc2ccc(S(=O)(=O)Nc3cc(Cl)ccc3C)cc2)cc1C(=O)N1CCC(C)CC1. The summed E-state index contributed by atoms with van der Waals surface area (Å²) in [5, 5.41) is 0.393. The van der Waals surface area contributed by atoms with Crippen molar-refractivity contribution in [3.63, 3.8) is 0 Å². The first-order chi connectivity index (χ1) is 18.4. The fourth-order valence-electron chi connectivity index (χ4n) is 4.23. The standard InChI is InChI=1S/C27H30ClN3O5S3/c1-18-12-14-31(15-13-18)27(32)24-17-23(10-11-26(24)37-3)39(35,36)29-21-6-8-22(9-7-21)38(33,34)30-25-16-20(28)5-4-19(25)2/h4-11,16-18,29-30H,12-15H2,1-3H3. The number of carbonyl (C=O) groups excluding carboxylic acids is 1. The average molecular weight is 608 g/mol. The minimum absolute atomic E-state index is 0.0436. The van der Waals surface area contributed by atoms with Crippen LogP contribution in [0.1, 0.15) is 35.7 Å². The molecule has 0 atom stereocenters. The summed E-state index contributed by atoms with van der Waals surface area (Å²) >= 11 is 7.38. The number of amides is 1. The van der Waals surface area contributed by atoms with Gasteiger partial charge in [-0.2, -0.15) is 0 Å². The molecular formula is C27H30ClN3O5S3. The third kappa shape index (κ3) is 6.89. The summed E-state index contributed by atoms with van der Waals surface area (Å²) in [6, 6.07) is 14.7. The van der Waals surface area contributed by atoms with Crippen molar-refractivity contribution in [1.82, 2.24) is 4.90 Å². The number of anilines is 2. The molecule has 1 heterocycles. The van der Waals surface area contributed by atoms with Crippen LogP contribution in [-0.2, 0) is 20.0 Å². The lowest BCUT2D eigenvalue weighted by Crippen LogP contribution is -2.38. The van der Waals surface area contributed by atoms with Crippen molar-refractivity contribution in [2.24, 2.45) is 5.92 Å². The van der Waals surface area contributed by atoms with Gasteiger partial charge in [0.1, 0.15) is 0 Å². The maximum atomic E-state index is 13.3. The van der Waals surface area contributed by atoms with Crippen LogP contribution in [-0.4, -0.2) is 47.0 Å². The fraction of sp³-hybridized carbons (Fsp3) is 0.296. The average Bonchev–Trinajstić information content (AvgIpc) is 2.90. The Morgan fingerprint density at radius 1 is 0.897 bits per heavy atom. The van der Waals surface area contributed by atoms with Crippen molar-refractivity contribution >= 4 is 60.7 Å².